The van der Waals surface area contributed by atoms with Gasteiger partial charge >= 0.3 is 0 Å². The molecule has 1 saturated carbocycles. The van der Waals surface area contributed by atoms with Crippen molar-refractivity contribution in [1.29, 1.82) is 0 Å². The highest BCUT2D eigenvalue weighted by Gasteiger charge is 2.52. The minimum Gasteiger partial charge on any atom is -0.387 e. The van der Waals surface area contributed by atoms with Crippen LogP contribution < -0.4 is 5.32 Å². The maximum atomic E-state index is 14.4. The lowest BCUT2D eigenvalue weighted by Crippen LogP contribution is -2.61. The maximum Gasteiger partial charge on any atom is 0.225 e. The van der Waals surface area contributed by atoms with Gasteiger partial charge in [0.25, 0.3) is 0 Å². The molecule has 0 unspecified atom stereocenters. The van der Waals surface area contributed by atoms with Crippen LogP contribution in [0.2, 0.25) is 0 Å². The number of amides is 2. The van der Waals surface area contributed by atoms with Crippen molar-refractivity contribution in [3.05, 3.63) is 0 Å². The molecule has 13 heteroatoms. The third-order valence-electron chi connectivity index (χ3n) is 12.1. The number of likely N-dealkylation sites (N-methyl/N-ethyl adjacent to an activating group) is 1. The number of hydrogen-bond acceptors (Lipinski definition) is 11. The number of ether oxygens (including phenoxy) is 5. The van der Waals surface area contributed by atoms with Crippen molar-refractivity contribution in [2.24, 2.45) is 17.8 Å². The Morgan fingerprint density at radius 2 is 1.62 bits per heavy atom. The van der Waals surface area contributed by atoms with Crippen LogP contribution in [0, 0.1) is 17.8 Å². The molecule has 13 nitrogen and oxygen atoms in total. The van der Waals surface area contributed by atoms with Crippen molar-refractivity contribution >= 4 is 11.8 Å². The molecule has 2 amide bonds. The monoisotopic (exact) mass is 713 g/mol. The summed E-state index contributed by atoms with van der Waals surface area (Å²) in [6.45, 7) is 13.3. The summed E-state index contributed by atoms with van der Waals surface area (Å²) in [5.74, 6) is -1.85. The summed E-state index contributed by atoms with van der Waals surface area (Å²) in [5, 5.41) is 38.1. The molecule has 3 saturated heterocycles. The highest BCUT2D eigenvalue weighted by Crippen LogP contribution is 2.40. The minimum atomic E-state index is -1.51. The molecule has 0 aromatic rings. The molecule has 4 aliphatic rings. The summed E-state index contributed by atoms with van der Waals surface area (Å²) in [6, 6.07) is -0.240. The molecule has 14 atom stereocenters. The molecule has 1 aliphatic carbocycles. The topological polar surface area (TPSA) is 159 Å². The van der Waals surface area contributed by atoms with E-state index in [-0.39, 0.29) is 49.1 Å². The first kappa shape index (κ1) is 41.3. The lowest BCUT2D eigenvalue weighted by Gasteiger charge is -2.49. The first-order chi connectivity index (χ1) is 23.2. The standard InChI is InChI=1S/C37H67N3O10/c1-21-17-35(6,45)32(50-34-29(42)26(39(8)9)16-22(2)47-34)23(3)30(49-28-19-36(7,46-11)31(43)25(5)48-28)24(4)33(44)38-37(14-12-13-15-37)18-27(41)40(10)20-21/h21-26,28-32,34,42-43,45H,12-20H2,1-11H3,(H,38,44)/t21-,22-,23+,24-,25+,26+,28+,29-,30+,31+,32-,34+,35-,36-/m1/s1. The summed E-state index contributed by atoms with van der Waals surface area (Å²) in [5.41, 5.74) is -3.13. The van der Waals surface area contributed by atoms with Gasteiger partial charge in [-0.15, -0.1) is 0 Å². The number of carbonyl (C=O) groups excluding carboxylic acids is 2. The SMILES string of the molecule is CO[C@]1(C)C[C@H](O[C@H]2[C@H](C)[C@@H](O[C@@H]3O[C@H](C)C[C@H](N(C)C)[C@H]3O)[C@](C)(O)C[C@@H](C)CN(C)C(=O)CC3(CCCC3)NC(=O)[C@@H]2C)O[C@@H](C)[C@@H]1O. The third kappa shape index (κ3) is 9.20. The van der Waals surface area contributed by atoms with E-state index in [1.54, 1.807) is 39.6 Å². The molecule has 50 heavy (non-hydrogen) atoms. The summed E-state index contributed by atoms with van der Waals surface area (Å²) < 4.78 is 31.7. The summed E-state index contributed by atoms with van der Waals surface area (Å²) in [7, 11) is 7.12. The summed E-state index contributed by atoms with van der Waals surface area (Å²) >= 11 is 0. The Bertz CT molecular complexity index is 1150. The van der Waals surface area contributed by atoms with E-state index in [2.05, 4.69) is 5.32 Å². The fraction of sp³-hybridized carbons (Fsp3) is 0.946. The lowest BCUT2D eigenvalue weighted by atomic mass is 9.77. The fourth-order valence-electron chi connectivity index (χ4n) is 9.08. The van der Waals surface area contributed by atoms with E-state index in [1.165, 1.54) is 7.11 Å². The van der Waals surface area contributed by atoms with E-state index in [0.717, 1.165) is 12.8 Å². The highest BCUT2D eigenvalue weighted by molar-refractivity contribution is 5.82. The van der Waals surface area contributed by atoms with Gasteiger partial charge < -0.3 is 54.1 Å². The largest absolute Gasteiger partial charge is 0.387 e. The van der Waals surface area contributed by atoms with E-state index in [0.29, 0.717) is 25.8 Å². The van der Waals surface area contributed by atoms with Gasteiger partial charge in [0.15, 0.2) is 12.6 Å². The molecule has 0 bridgehead atoms. The van der Waals surface area contributed by atoms with E-state index >= 15 is 0 Å². The molecule has 0 aromatic heterocycles. The quantitative estimate of drug-likeness (QED) is 0.320. The van der Waals surface area contributed by atoms with E-state index in [9.17, 15) is 24.9 Å². The highest BCUT2D eigenvalue weighted by atomic mass is 16.7. The van der Waals surface area contributed by atoms with Crippen LogP contribution in [-0.2, 0) is 33.3 Å². The van der Waals surface area contributed by atoms with Crippen molar-refractivity contribution in [1.82, 2.24) is 15.1 Å². The van der Waals surface area contributed by atoms with Crippen LogP contribution in [0.15, 0.2) is 0 Å². The van der Waals surface area contributed by atoms with Crippen molar-refractivity contribution < 1.29 is 48.6 Å². The van der Waals surface area contributed by atoms with Crippen molar-refractivity contribution in [2.75, 3.05) is 34.8 Å². The Morgan fingerprint density at radius 3 is 2.22 bits per heavy atom. The zero-order valence-electron chi connectivity index (χ0n) is 32.4. The second kappa shape index (κ2) is 16.3. The van der Waals surface area contributed by atoms with Crippen LogP contribution in [-0.4, -0.2) is 144 Å². The number of hydrogen-bond donors (Lipinski definition) is 4. The second-order valence-electron chi connectivity index (χ2n) is 16.9. The van der Waals surface area contributed by atoms with E-state index < -0.39 is 71.7 Å². The molecule has 3 aliphatic heterocycles. The molecule has 0 aromatic carbocycles. The number of aliphatic hydroxyl groups is 3. The third-order valence-corrected chi connectivity index (χ3v) is 12.1. The zero-order chi connectivity index (χ0) is 37.3. The van der Waals surface area contributed by atoms with Crippen LogP contribution in [0.25, 0.3) is 0 Å². The molecule has 290 valence electrons. The minimum absolute atomic E-state index is 0.0539. The normalized spacial score (nSPS) is 45.5. The second-order valence-corrected chi connectivity index (χ2v) is 16.9. The first-order valence-electron chi connectivity index (χ1n) is 18.7. The number of methoxy groups -OCH3 is 1. The van der Waals surface area contributed by atoms with Gasteiger partial charge in [0, 0.05) is 51.0 Å². The molecule has 4 fully saturated rings. The van der Waals surface area contributed by atoms with Crippen LogP contribution in [0.5, 0.6) is 0 Å². The van der Waals surface area contributed by atoms with Crippen molar-refractivity contribution in [2.45, 2.75) is 172 Å². The predicted molar refractivity (Wildman–Crippen MR) is 187 cm³/mol. The van der Waals surface area contributed by atoms with E-state index in [1.807, 2.05) is 39.8 Å². The maximum absolute atomic E-state index is 14.4. The van der Waals surface area contributed by atoms with Crippen LogP contribution in [0.3, 0.4) is 0 Å². The summed E-state index contributed by atoms with van der Waals surface area (Å²) in [6.07, 6.45) is -2.00. The van der Waals surface area contributed by atoms with Gasteiger partial charge in [-0.05, 0) is 73.4 Å². The number of rotatable bonds is 6. The molecule has 0 radical (unpaired) electrons. The van der Waals surface area contributed by atoms with Gasteiger partial charge in [0.1, 0.15) is 12.2 Å². The fourth-order valence-corrected chi connectivity index (χ4v) is 9.08. The Labute approximate surface area is 299 Å². The number of carbonyl (C=O) groups is 2. The molecular formula is C37H67N3O10. The Morgan fingerprint density at radius 1 is 0.980 bits per heavy atom. The van der Waals surface area contributed by atoms with Crippen molar-refractivity contribution in [3.8, 4) is 0 Å². The van der Waals surface area contributed by atoms with Crippen molar-refractivity contribution in [3.63, 3.8) is 0 Å². The van der Waals surface area contributed by atoms with E-state index in [4.69, 9.17) is 23.7 Å². The number of nitrogens with one attached hydrogen (secondary N) is 1. The van der Waals surface area contributed by atoms with Gasteiger partial charge in [-0.1, -0.05) is 33.6 Å². The smallest absolute Gasteiger partial charge is 0.225 e. The average molecular weight is 714 g/mol. The Hall–Kier alpha value is -1.42. The van der Waals surface area contributed by atoms with Gasteiger partial charge in [-0.2, -0.15) is 0 Å². The molecule has 1 spiro atoms. The Kier molecular flexibility index (Phi) is 13.5. The molecular weight excluding hydrogens is 646 g/mol. The first-order valence-corrected chi connectivity index (χ1v) is 18.7. The van der Waals surface area contributed by atoms with Gasteiger partial charge in [0.05, 0.1) is 41.5 Å². The van der Waals surface area contributed by atoms with Gasteiger partial charge in [-0.3, -0.25) is 9.59 Å². The van der Waals surface area contributed by atoms with Gasteiger partial charge in [-0.25, -0.2) is 0 Å². The molecule has 4 N–H and O–H groups in total. The van der Waals surface area contributed by atoms with Crippen LogP contribution in [0.1, 0.15) is 99.8 Å². The van der Waals surface area contributed by atoms with Gasteiger partial charge in [0.2, 0.25) is 11.8 Å². The lowest BCUT2D eigenvalue weighted by molar-refractivity contribution is -0.317. The zero-order valence-corrected chi connectivity index (χ0v) is 32.4. The molecule has 4 rings (SSSR count). The molecule has 3 heterocycles. The average Bonchev–Trinajstić information content (AvgIpc) is 3.48. The summed E-state index contributed by atoms with van der Waals surface area (Å²) in [4.78, 5) is 31.6. The number of nitrogens with zero attached hydrogens (tertiary/aromatic N) is 2. The Balaban J connectivity index is 1.78. The van der Waals surface area contributed by atoms with Crippen LogP contribution >= 0.6 is 0 Å². The number of aliphatic hydroxyl groups excluding tert-OH is 2. The predicted octanol–water partition coefficient (Wildman–Crippen LogP) is 2.42. The van der Waals surface area contributed by atoms with Crippen LogP contribution in [0.4, 0.5) is 0 Å².